The van der Waals surface area contributed by atoms with Gasteiger partial charge >= 0.3 is 247 Å². The molecule has 0 amide bonds. The number of fused-ring (bicyclic) bond motifs is 2. The van der Waals surface area contributed by atoms with Crippen molar-refractivity contribution in [3.63, 3.8) is 0 Å². The van der Waals surface area contributed by atoms with Crippen molar-refractivity contribution in [2.75, 3.05) is 0 Å². The molecule has 205 valence electrons. The molecule has 0 saturated heterocycles. The average molecular weight is 654 g/mol. The summed E-state index contributed by atoms with van der Waals surface area (Å²) in [4.78, 5) is 0. The van der Waals surface area contributed by atoms with Crippen molar-refractivity contribution in [3.8, 4) is 11.1 Å². The third-order valence-corrected chi connectivity index (χ3v) is 61.2. The van der Waals surface area contributed by atoms with Gasteiger partial charge in [0, 0.05) is 0 Å². The van der Waals surface area contributed by atoms with Crippen LogP contribution in [0.15, 0.2) is 77.9 Å². The Kier molecular flexibility index (Phi) is 7.72. The molecule has 4 heteroatoms. The molecule has 2 aliphatic carbocycles. The summed E-state index contributed by atoms with van der Waals surface area (Å²) in [5.74, 6) is -1.15. The third-order valence-electron chi connectivity index (χ3n) is 9.46. The average Bonchev–Trinajstić information content (AvgIpc) is 3.48. The molecular weight excluding hydrogens is 611 g/mol. The number of rotatable bonds is 6. The van der Waals surface area contributed by atoms with Crippen molar-refractivity contribution in [1.29, 1.82) is 0 Å². The van der Waals surface area contributed by atoms with Crippen LogP contribution < -0.4 is 0 Å². The van der Waals surface area contributed by atoms with Gasteiger partial charge in [-0.2, -0.15) is 0 Å². The van der Waals surface area contributed by atoms with E-state index in [1.165, 1.54) is 50.1 Å². The van der Waals surface area contributed by atoms with Crippen molar-refractivity contribution in [1.82, 2.24) is 0 Å². The molecule has 5 rings (SSSR count). The molecule has 0 N–H and O–H groups in total. The topological polar surface area (TPSA) is 0 Å². The Morgan fingerprint density at radius 1 is 0.821 bits per heavy atom. The van der Waals surface area contributed by atoms with Crippen LogP contribution >= 0.6 is 17.0 Å². The van der Waals surface area contributed by atoms with Gasteiger partial charge in [-0.3, -0.25) is 0 Å². The molecule has 2 atom stereocenters. The zero-order valence-corrected chi connectivity index (χ0v) is 29.9. The first kappa shape index (κ1) is 29.3. The Hall–Kier alpha value is -1.18. The molecule has 0 aromatic heterocycles. The zero-order valence-electron chi connectivity index (χ0n) is 24.8. The Morgan fingerprint density at radius 2 is 1.46 bits per heavy atom. The summed E-state index contributed by atoms with van der Waals surface area (Å²) >= 11 is -4.64. The van der Waals surface area contributed by atoms with Crippen LogP contribution in [0, 0.1) is 5.92 Å². The van der Waals surface area contributed by atoms with Crippen LogP contribution in [-0.4, -0.2) is 5.92 Å². The van der Waals surface area contributed by atoms with Crippen LogP contribution in [0.2, 0.25) is 13.1 Å². The second-order valence-corrected chi connectivity index (χ2v) is 55.9. The first-order chi connectivity index (χ1) is 18.3. The van der Waals surface area contributed by atoms with Crippen molar-refractivity contribution in [3.05, 3.63) is 106 Å². The van der Waals surface area contributed by atoms with Crippen LogP contribution in [0.4, 0.5) is 0 Å². The predicted octanol–water partition coefficient (Wildman–Crippen LogP) is 11.3. The van der Waals surface area contributed by atoms with Crippen LogP contribution in [0.1, 0.15) is 83.0 Å². The van der Waals surface area contributed by atoms with Gasteiger partial charge in [0.25, 0.3) is 0 Å². The van der Waals surface area contributed by atoms with Crippen LogP contribution in [0.3, 0.4) is 0 Å². The van der Waals surface area contributed by atoms with Gasteiger partial charge in [-0.25, -0.2) is 0 Å². The summed E-state index contributed by atoms with van der Waals surface area (Å²) in [6.07, 6.45) is 5.86. The summed E-state index contributed by atoms with van der Waals surface area (Å²) in [6, 6.07) is 24.9. The third kappa shape index (κ3) is 4.67. The van der Waals surface area contributed by atoms with E-state index in [0.29, 0.717) is 5.92 Å². The Bertz CT molecular complexity index is 1470. The number of benzene rings is 3. The molecule has 2 aliphatic rings. The summed E-state index contributed by atoms with van der Waals surface area (Å²) < 4.78 is 0.312. The van der Waals surface area contributed by atoms with Crippen LogP contribution in [-0.2, 0) is 21.0 Å². The first-order valence-corrected chi connectivity index (χ1v) is 30.9. The molecule has 0 spiro atoms. The van der Waals surface area contributed by atoms with E-state index in [1.807, 2.05) is 0 Å². The SMILES string of the molecule is CCC1=Cc2ccccc2[CH]1[Zr]([Cl])([Cl])([CH]1C(C(C)C)=Cc2c(-c3ccc(C(C)(C)C)cc3)cccc21)[SiH](C)C. The second-order valence-electron chi connectivity index (χ2n) is 13.4. The first-order valence-electron chi connectivity index (χ1n) is 14.6. The maximum absolute atomic E-state index is 8.43. The van der Waals surface area contributed by atoms with Gasteiger partial charge in [-0.1, -0.05) is 0 Å². The van der Waals surface area contributed by atoms with Crippen LogP contribution in [0.25, 0.3) is 23.3 Å². The maximum atomic E-state index is 8.43. The van der Waals surface area contributed by atoms with E-state index in [2.05, 4.69) is 134 Å². The normalized spacial score (nSPS) is 19.9. The van der Waals surface area contributed by atoms with E-state index in [9.17, 15) is 0 Å². The molecule has 0 fully saturated rings. The van der Waals surface area contributed by atoms with Gasteiger partial charge in [0.15, 0.2) is 0 Å². The zero-order chi connectivity index (χ0) is 28.4. The van der Waals surface area contributed by atoms with Gasteiger partial charge in [0.05, 0.1) is 0 Å². The monoisotopic (exact) mass is 651 g/mol. The van der Waals surface area contributed by atoms with E-state index in [4.69, 9.17) is 17.0 Å². The summed E-state index contributed by atoms with van der Waals surface area (Å²) in [6.45, 7) is 18.6. The van der Waals surface area contributed by atoms with E-state index in [0.717, 1.165) is 6.42 Å². The molecule has 0 saturated carbocycles. The predicted molar refractivity (Wildman–Crippen MR) is 174 cm³/mol. The van der Waals surface area contributed by atoms with Crippen molar-refractivity contribution in [2.45, 2.75) is 73.7 Å². The standard InChI is InChI=1S/C22H25.C11H11.C2H7Si.2ClH.Zr/c1-15(2)18-13-17-7-6-8-20(21(17)14-18)16-9-11-19(12-10-16)22(3,4)5;1-2-9-7-10-5-3-4-6-11(10)8-9;1-3-2;;;/h6-15H,1-5H3;3-8H,2H2,1H3;3H,1-2H3;2*1H;/q;;;;;+2/p-2. The van der Waals surface area contributed by atoms with Gasteiger partial charge in [0.1, 0.15) is 0 Å². The Morgan fingerprint density at radius 3 is 2.05 bits per heavy atom. The Labute approximate surface area is 245 Å². The molecule has 0 bridgehead atoms. The quantitative estimate of drug-likeness (QED) is 0.232. The summed E-state index contributed by atoms with van der Waals surface area (Å²) in [7, 11) is 16.9. The number of halogens is 2. The van der Waals surface area contributed by atoms with E-state index >= 15 is 0 Å². The number of hydrogen-bond acceptors (Lipinski definition) is 0. The minimum atomic E-state index is -4.64. The van der Waals surface area contributed by atoms with E-state index < -0.39 is 21.5 Å². The molecular formula is C35H43Cl2SiZr. The van der Waals surface area contributed by atoms with Crippen molar-refractivity contribution in [2.24, 2.45) is 5.92 Å². The van der Waals surface area contributed by atoms with E-state index in [-0.39, 0.29) is 12.7 Å². The number of allylic oxidation sites excluding steroid dienone is 2. The fourth-order valence-corrected chi connectivity index (χ4v) is 38.8. The van der Waals surface area contributed by atoms with Crippen molar-refractivity contribution < 1.29 is 15.6 Å². The second kappa shape index (κ2) is 10.3. The summed E-state index contributed by atoms with van der Waals surface area (Å²) in [5, 5.41) is 0. The van der Waals surface area contributed by atoms with Crippen LogP contribution in [0.5, 0.6) is 0 Å². The summed E-state index contributed by atoms with van der Waals surface area (Å²) in [5.41, 5.74) is 12.3. The molecule has 39 heavy (non-hydrogen) atoms. The molecule has 2 unspecified atom stereocenters. The van der Waals surface area contributed by atoms with E-state index in [1.54, 1.807) is 0 Å². The molecule has 0 radical (unpaired) electrons. The van der Waals surface area contributed by atoms with Gasteiger partial charge in [-0.15, -0.1) is 0 Å². The molecule has 0 nitrogen and oxygen atoms in total. The van der Waals surface area contributed by atoms with Gasteiger partial charge < -0.3 is 0 Å². The molecule has 0 aliphatic heterocycles. The number of hydrogen-bond donors (Lipinski definition) is 0. The molecule has 0 heterocycles. The van der Waals surface area contributed by atoms with Gasteiger partial charge in [0.2, 0.25) is 0 Å². The molecule has 3 aromatic carbocycles. The van der Waals surface area contributed by atoms with Crippen molar-refractivity contribution >= 4 is 35.1 Å². The fourth-order valence-electron chi connectivity index (χ4n) is 7.12. The minimum absolute atomic E-state index is 0.134. The fraction of sp³-hybridized carbons (Fsp3) is 0.371. The molecule has 3 aromatic rings. The van der Waals surface area contributed by atoms with Gasteiger partial charge in [-0.05, 0) is 0 Å². The Balaban J connectivity index is 1.74.